The largest absolute Gasteiger partial charge is 0.469 e. The molecule has 1 unspecified atom stereocenters. The van der Waals surface area contributed by atoms with Crippen molar-refractivity contribution < 1.29 is 9.21 Å². The molecule has 0 aromatic carbocycles. The monoisotopic (exact) mass is 261 g/mol. The summed E-state index contributed by atoms with van der Waals surface area (Å²) in [7, 11) is 0. The summed E-state index contributed by atoms with van der Waals surface area (Å²) in [6.45, 7) is 0. The number of fused-ring (bicyclic) bond motifs is 1. The van der Waals surface area contributed by atoms with Gasteiger partial charge < -0.3 is 9.73 Å². The molecule has 0 saturated heterocycles. The summed E-state index contributed by atoms with van der Waals surface area (Å²) in [5, 5.41) is 5.10. The molecule has 2 aromatic heterocycles. The van der Waals surface area contributed by atoms with E-state index < -0.39 is 0 Å². The van der Waals surface area contributed by atoms with Crippen LogP contribution in [0.15, 0.2) is 34.3 Å². The van der Waals surface area contributed by atoms with E-state index >= 15 is 0 Å². The van der Waals surface area contributed by atoms with Crippen LogP contribution in [0.1, 0.15) is 35.1 Å². The molecule has 1 amide bonds. The van der Waals surface area contributed by atoms with Crippen molar-refractivity contribution in [2.75, 3.05) is 0 Å². The molecule has 1 N–H and O–H groups in total. The number of thiophene rings is 1. The highest BCUT2D eigenvalue weighted by molar-refractivity contribution is 7.10. The zero-order chi connectivity index (χ0) is 12.4. The molecule has 0 spiro atoms. The van der Waals surface area contributed by atoms with Crippen molar-refractivity contribution >= 4 is 17.2 Å². The van der Waals surface area contributed by atoms with Crippen LogP contribution in [-0.2, 0) is 17.6 Å². The Balaban J connectivity index is 1.66. The van der Waals surface area contributed by atoms with E-state index in [1.807, 2.05) is 23.6 Å². The van der Waals surface area contributed by atoms with Gasteiger partial charge in [-0.15, -0.1) is 11.3 Å². The molecule has 0 aliphatic heterocycles. The first-order chi connectivity index (χ1) is 8.83. The van der Waals surface area contributed by atoms with E-state index in [4.69, 9.17) is 4.42 Å². The lowest BCUT2D eigenvalue weighted by Gasteiger charge is -2.22. The van der Waals surface area contributed by atoms with Crippen LogP contribution in [0, 0.1) is 0 Å². The molecule has 0 radical (unpaired) electrons. The fourth-order valence-corrected chi connectivity index (χ4v) is 3.16. The lowest BCUT2D eigenvalue weighted by Crippen LogP contribution is -2.31. The van der Waals surface area contributed by atoms with Gasteiger partial charge >= 0.3 is 0 Å². The van der Waals surface area contributed by atoms with E-state index in [0.29, 0.717) is 6.42 Å². The number of hydrogen-bond donors (Lipinski definition) is 1. The highest BCUT2D eigenvalue weighted by Gasteiger charge is 2.23. The Bertz CT molecular complexity index is 530. The van der Waals surface area contributed by atoms with E-state index in [2.05, 4.69) is 5.32 Å². The summed E-state index contributed by atoms with van der Waals surface area (Å²) in [6.07, 6.45) is 5.25. The average molecular weight is 261 g/mol. The van der Waals surface area contributed by atoms with Gasteiger partial charge in [0.05, 0.1) is 18.7 Å². The van der Waals surface area contributed by atoms with Crippen molar-refractivity contribution in [3.05, 3.63) is 46.0 Å². The first kappa shape index (κ1) is 11.5. The quantitative estimate of drug-likeness (QED) is 0.922. The molecule has 0 bridgehead atoms. The van der Waals surface area contributed by atoms with Crippen LogP contribution in [0.25, 0.3) is 0 Å². The molecule has 4 heteroatoms. The van der Waals surface area contributed by atoms with Crippen LogP contribution < -0.4 is 5.32 Å². The second-order valence-electron chi connectivity index (χ2n) is 4.57. The molecule has 1 atom stereocenters. The first-order valence-corrected chi connectivity index (χ1v) is 7.09. The minimum atomic E-state index is 0.0940. The number of rotatable bonds is 3. The molecular formula is C14H15NO2S. The molecule has 1 aliphatic rings. The van der Waals surface area contributed by atoms with E-state index in [9.17, 15) is 4.79 Å². The van der Waals surface area contributed by atoms with Crippen LogP contribution >= 0.6 is 11.3 Å². The number of nitrogens with one attached hydrogen (secondary N) is 1. The first-order valence-electron chi connectivity index (χ1n) is 6.21. The molecule has 0 fully saturated rings. The number of hydrogen-bond acceptors (Lipinski definition) is 3. The summed E-state index contributed by atoms with van der Waals surface area (Å²) >= 11 is 1.62. The number of carbonyl (C=O) groups excluding carboxylic acids is 1. The Morgan fingerprint density at radius 2 is 2.44 bits per heavy atom. The lowest BCUT2D eigenvalue weighted by molar-refractivity contribution is -0.121. The fraction of sp³-hybridized carbons (Fsp3) is 0.357. The Labute approximate surface area is 110 Å². The van der Waals surface area contributed by atoms with Gasteiger partial charge in [-0.2, -0.15) is 0 Å². The maximum atomic E-state index is 12.0. The minimum absolute atomic E-state index is 0.0940. The summed E-state index contributed by atoms with van der Waals surface area (Å²) in [5.74, 6) is 1.12. The van der Waals surface area contributed by atoms with Gasteiger partial charge in [-0.3, -0.25) is 4.79 Å². The smallest absolute Gasteiger partial charge is 0.225 e. The molecule has 1 aliphatic carbocycles. The van der Waals surface area contributed by atoms with Crippen LogP contribution in [-0.4, -0.2) is 5.91 Å². The van der Waals surface area contributed by atoms with Gasteiger partial charge in [-0.05, 0) is 30.4 Å². The van der Waals surface area contributed by atoms with Gasteiger partial charge in [0, 0.05) is 16.9 Å². The van der Waals surface area contributed by atoms with E-state index in [-0.39, 0.29) is 11.9 Å². The minimum Gasteiger partial charge on any atom is -0.469 e. The van der Waals surface area contributed by atoms with Crippen molar-refractivity contribution in [2.45, 2.75) is 31.7 Å². The fourth-order valence-electron chi connectivity index (χ4n) is 2.45. The topological polar surface area (TPSA) is 42.2 Å². The Morgan fingerprint density at radius 3 is 3.28 bits per heavy atom. The van der Waals surface area contributed by atoms with Crippen molar-refractivity contribution in [3.63, 3.8) is 0 Å². The normalized spacial score (nSPS) is 18.3. The van der Waals surface area contributed by atoms with Gasteiger partial charge in [-0.1, -0.05) is 6.07 Å². The predicted molar refractivity (Wildman–Crippen MR) is 70.6 cm³/mol. The Kier molecular flexibility index (Phi) is 3.19. The zero-order valence-corrected chi connectivity index (χ0v) is 10.8. The molecule has 2 heterocycles. The third-order valence-electron chi connectivity index (χ3n) is 3.30. The van der Waals surface area contributed by atoms with Gasteiger partial charge in [0.2, 0.25) is 5.91 Å². The molecule has 94 valence electrons. The SMILES string of the molecule is O=C(Cc1cccs1)NC1CCCc2occc21. The third kappa shape index (κ3) is 2.34. The predicted octanol–water partition coefficient (Wildman–Crippen LogP) is 3.08. The second kappa shape index (κ2) is 4.98. The maximum Gasteiger partial charge on any atom is 0.225 e. The number of amides is 1. The summed E-state index contributed by atoms with van der Waals surface area (Å²) in [5.41, 5.74) is 1.15. The van der Waals surface area contributed by atoms with E-state index in [0.717, 1.165) is 35.5 Å². The molecule has 3 nitrogen and oxygen atoms in total. The summed E-state index contributed by atoms with van der Waals surface area (Å²) in [6, 6.07) is 6.07. The molecule has 0 saturated carbocycles. The summed E-state index contributed by atoms with van der Waals surface area (Å²) < 4.78 is 5.42. The Morgan fingerprint density at radius 1 is 1.50 bits per heavy atom. The highest BCUT2D eigenvalue weighted by Crippen LogP contribution is 2.30. The van der Waals surface area contributed by atoms with Gasteiger partial charge in [0.25, 0.3) is 0 Å². The number of furan rings is 1. The Hall–Kier alpha value is -1.55. The van der Waals surface area contributed by atoms with Crippen LogP contribution in [0.5, 0.6) is 0 Å². The summed E-state index contributed by atoms with van der Waals surface area (Å²) in [4.78, 5) is 13.1. The number of aryl methyl sites for hydroxylation is 1. The van der Waals surface area contributed by atoms with Gasteiger partial charge in [0.1, 0.15) is 5.76 Å². The average Bonchev–Trinajstić information content (AvgIpc) is 2.99. The molecule has 18 heavy (non-hydrogen) atoms. The van der Waals surface area contributed by atoms with E-state index in [1.165, 1.54) is 0 Å². The van der Waals surface area contributed by atoms with Crippen LogP contribution in [0.3, 0.4) is 0 Å². The van der Waals surface area contributed by atoms with Gasteiger partial charge in [0.15, 0.2) is 0 Å². The van der Waals surface area contributed by atoms with Crippen molar-refractivity contribution in [2.24, 2.45) is 0 Å². The van der Waals surface area contributed by atoms with E-state index in [1.54, 1.807) is 17.6 Å². The zero-order valence-electron chi connectivity index (χ0n) is 10.0. The van der Waals surface area contributed by atoms with Crippen molar-refractivity contribution in [3.8, 4) is 0 Å². The van der Waals surface area contributed by atoms with Gasteiger partial charge in [-0.25, -0.2) is 0 Å². The standard InChI is InChI=1S/C14H15NO2S/c16-14(9-10-3-2-8-18-10)15-12-4-1-5-13-11(12)6-7-17-13/h2-3,6-8,12H,1,4-5,9H2,(H,15,16). The van der Waals surface area contributed by atoms with Crippen LogP contribution in [0.2, 0.25) is 0 Å². The highest BCUT2D eigenvalue weighted by atomic mass is 32.1. The van der Waals surface area contributed by atoms with Crippen LogP contribution in [0.4, 0.5) is 0 Å². The number of carbonyl (C=O) groups is 1. The molecular weight excluding hydrogens is 246 g/mol. The second-order valence-corrected chi connectivity index (χ2v) is 5.60. The third-order valence-corrected chi connectivity index (χ3v) is 4.18. The van der Waals surface area contributed by atoms with Crippen molar-refractivity contribution in [1.29, 1.82) is 0 Å². The molecule has 2 aromatic rings. The molecule has 3 rings (SSSR count). The lowest BCUT2D eigenvalue weighted by atomic mass is 9.93. The van der Waals surface area contributed by atoms with Crippen molar-refractivity contribution in [1.82, 2.24) is 5.32 Å². The maximum absolute atomic E-state index is 12.0.